The quantitative estimate of drug-likeness (QED) is 0.748. The standard InChI is InChI=1S/C14H27N3O2/c1-4-6-14(7-9-15-10-8-14)13(19)17(3)11-12(18)16-5-2/h15H,4-11H2,1-3H3,(H,16,18). The lowest BCUT2D eigenvalue weighted by Crippen LogP contribution is -2.50. The Labute approximate surface area is 116 Å². The summed E-state index contributed by atoms with van der Waals surface area (Å²) in [6, 6.07) is 0. The zero-order chi connectivity index (χ0) is 14.3. The monoisotopic (exact) mass is 269 g/mol. The number of rotatable bonds is 6. The van der Waals surface area contributed by atoms with Crippen molar-refractivity contribution in [3.05, 3.63) is 0 Å². The number of carbonyl (C=O) groups excluding carboxylic acids is 2. The molecule has 19 heavy (non-hydrogen) atoms. The normalized spacial score (nSPS) is 17.8. The van der Waals surface area contributed by atoms with Crippen LogP contribution in [0.3, 0.4) is 0 Å². The number of carbonyl (C=O) groups is 2. The topological polar surface area (TPSA) is 61.4 Å². The number of amides is 2. The molecule has 0 spiro atoms. The lowest BCUT2D eigenvalue weighted by atomic mass is 9.74. The lowest BCUT2D eigenvalue weighted by Gasteiger charge is -2.38. The van der Waals surface area contributed by atoms with Crippen molar-refractivity contribution in [3.8, 4) is 0 Å². The summed E-state index contributed by atoms with van der Waals surface area (Å²) in [5, 5.41) is 6.04. The van der Waals surface area contributed by atoms with Crippen LogP contribution in [0.25, 0.3) is 0 Å². The minimum absolute atomic E-state index is 0.0843. The molecule has 2 amide bonds. The van der Waals surface area contributed by atoms with Crippen LogP contribution in [-0.4, -0.2) is 49.9 Å². The van der Waals surface area contributed by atoms with Crippen LogP contribution in [-0.2, 0) is 9.59 Å². The Morgan fingerprint density at radius 1 is 1.26 bits per heavy atom. The molecule has 0 bridgehead atoms. The number of nitrogens with zero attached hydrogens (tertiary/aromatic N) is 1. The van der Waals surface area contributed by atoms with Gasteiger partial charge in [0.15, 0.2) is 0 Å². The number of nitrogens with one attached hydrogen (secondary N) is 2. The van der Waals surface area contributed by atoms with Crippen LogP contribution in [0.4, 0.5) is 0 Å². The van der Waals surface area contributed by atoms with E-state index in [1.165, 1.54) is 0 Å². The van der Waals surface area contributed by atoms with Crippen molar-refractivity contribution in [3.63, 3.8) is 0 Å². The highest BCUT2D eigenvalue weighted by Gasteiger charge is 2.40. The second-order valence-corrected chi connectivity index (χ2v) is 5.40. The minimum Gasteiger partial charge on any atom is -0.355 e. The molecule has 1 fully saturated rings. The van der Waals surface area contributed by atoms with E-state index < -0.39 is 0 Å². The van der Waals surface area contributed by atoms with Crippen LogP contribution >= 0.6 is 0 Å². The zero-order valence-corrected chi connectivity index (χ0v) is 12.4. The maximum absolute atomic E-state index is 12.7. The van der Waals surface area contributed by atoms with E-state index in [1.807, 2.05) is 6.92 Å². The maximum Gasteiger partial charge on any atom is 0.239 e. The minimum atomic E-state index is -0.263. The van der Waals surface area contributed by atoms with E-state index in [1.54, 1.807) is 11.9 Å². The van der Waals surface area contributed by atoms with Crippen LogP contribution in [0.1, 0.15) is 39.5 Å². The van der Waals surface area contributed by atoms with Crippen molar-refractivity contribution in [2.45, 2.75) is 39.5 Å². The predicted molar refractivity (Wildman–Crippen MR) is 75.8 cm³/mol. The Kier molecular flexibility index (Phi) is 6.28. The molecule has 1 rings (SSSR count). The van der Waals surface area contributed by atoms with Gasteiger partial charge in [-0.05, 0) is 39.3 Å². The molecule has 0 aromatic rings. The Morgan fingerprint density at radius 2 is 1.89 bits per heavy atom. The summed E-state index contributed by atoms with van der Waals surface area (Å²) in [4.78, 5) is 25.8. The lowest BCUT2D eigenvalue weighted by molar-refractivity contribution is -0.145. The van der Waals surface area contributed by atoms with Crippen LogP contribution in [0.2, 0.25) is 0 Å². The van der Waals surface area contributed by atoms with Gasteiger partial charge in [0.2, 0.25) is 11.8 Å². The third-order valence-electron chi connectivity index (χ3n) is 3.84. The average molecular weight is 269 g/mol. The van der Waals surface area contributed by atoms with Crippen LogP contribution in [0.5, 0.6) is 0 Å². The van der Waals surface area contributed by atoms with E-state index in [4.69, 9.17) is 0 Å². The molecule has 5 nitrogen and oxygen atoms in total. The van der Waals surface area contributed by atoms with Gasteiger partial charge in [-0.2, -0.15) is 0 Å². The van der Waals surface area contributed by atoms with E-state index >= 15 is 0 Å². The van der Waals surface area contributed by atoms with Gasteiger partial charge in [0.05, 0.1) is 12.0 Å². The Hall–Kier alpha value is -1.10. The van der Waals surface area contributed by atoms with E-state index in [-0.39, 0.29) is 23.8 Å². The second-order valence-electron chi connectivity index (χ2n) is 5.40. The van der Waals surface area contributed by atoms with Gasteiger partial charge in [-0.25, -0.2) is 0 Å². The van der Waals surface area contributed by atoms with Gasteiger partial charge in [0.25, 0.3) is 0 Å². The van der Waals surface area contributed by atoms with Crippen molar-refractivity contribution in [2.24, 2.45) is 5.41 Å². The van der Waals surface area contributed by atoms with E-state index in [9.17, 15) is 9.59 Å². The smallest absolute Gasteiger partial charge is 0.239 e. The molecule has 0 radical (unpaired) electrons. The summed E-state index contributed by atoms with van der Waals surface area (Å²) in [5.41, 5.74) is -0.263. The van der Waals surface area contributed by atoms with E-state index in [0.29, 0.717) is 6.54 Å². The highest BCUT2D eigenvalue weighted by molar-refractivity contribution is 5.87. The third kappa shape index (κ3) is 4.20. The molecule has 0 aliphatic carbocycles. The Bertz CT molecular complexity index is 306. The first-order valence-electron chi connectivity index (χ1n) is 7.28. The van der Waals surface area contributed by atoms with Crippen molar-refractivity contribution in [1.82, 2.24) is 15.5 Å². The Balaban J connectivity index is 2.67. The Morgan fingerprint density at radius 3 is 2.42 bits per heavy atom. The number of hydrogen-bond donors (Lipinski definition) is 2. The fourth-order valence-electron chi connectivity index (χ4n) is 2.90. The first-order valence-corrected chi connectivity index (χ1v) is 7.28. The van der Waals surface area contributed by atoms with Crippen molar-refractivity contribution >= 4 is 11.8 Å². The SMILES string of the molecule is CCCC1(C(=O)N(C)CC(=O)NCC)CCNCC1. The van der Waals surface area contributed by atoms with E-state index in [2.05, 4.69) is 17.6 Å². The van der Waals surface area contributed by atoms with Gasteiger partial charge >= 0.3 is 0 Å². The van der Waals surface area contributed by atoms with Gasteiger partial charge < -0.3 is 15.5 Å². The molecule has 0 atom stereocenters. The summed E-state index contributed by atoms with van der Waals surface area (Å²) >= 11 is 0. The molecule has 1 saturated heterocycles. The van der Waals surface area contributed by atoms with Crippen LogP contribution in [0, 0.1) is 5.41 Å². The molecule has 0 aromatic heterocycles. The summed E-state index contributed by atoms with van der Waals surface area (Å²) in [7, 11) is 1.73. The molecule has 5 heteroatoms. The number of likely N-dealkylation sites (N-methyl/N-ethyl adjacent to an activating group) is 2. The zero-order valence-electron chi connectivity index (χ0n) is 12.4. The largest absolute Gasteiger partial charge is 0.355 e. The second kappa shape index (κ2) is 7.48. The molecule has 110 valence electrons. The molecule has 0 saturated carbocycles. The molecule has 0 aromatic carbocycles. The fraction of sp³-hybridized carbons (Fsp3) is 0.857. The van der Waals surface area contributed by atoms with Gasteiger partial charge in [-0.3, -0.25) is 9.59 Å². The molecule has 0 unspecified atom stereocenters. The van der Waals surface area contributed by atoms with Crippen LogP contribution < -0.4 is 10.6 Å². The molecule has 2 N–H and O–H groups in total. The average Bonchev–Trinajstić information content (AvgIpc) is 2.39. The number of piperidine rings is 1. The van der Waals surface area contributed by atoms with Gasteiger partial charge in [-0.15, -0.1) is 0 Å². The first kappa shape index (κ1) is 16.0. The molecule has 1 heterocycles. The van der Waals surface area contributed by atoms with Gasteiger partial charge in [0.1, 0.15) is 0 Å². The summed E-state index contributed by atoms with van der Waals surface area (Å²) < 4.78 is 0. The molecular weight excluding hydrogens is 242 g/mol. The number of hydrogen-bond acceptors (Lipinski definition) is 3. The predicted octanol–water partition coefficient (Wildman–Crippen LogP) is 0.751. The van der Waals surface area contributed by atoms with Crippen molar-refractivity contribution in [2.75, 3.05) is 33.2 Å². The molecule has 1 aliphatic heterocycles. The van der Waals surface area contributed by atoms with E-state index in [0.717, 1.165) is 38.8 Å². The fourth-order valence-corrected chi connectivity index (χ4v) is 2.90. The van der Waals surface area contributed by atoms with Crippen molar-refractivity contribution < 1.29 is 9.59 Å². The maximum atomic E-state index is 12.7. The first-order chi connectivity index (χ1) is 9.05. The molecular formula is C14H27N3O2. The highest BCUT2D eigenvalue weighted by atomic mass is 16.2. The summed E-state index contributed by atoms with van der Waals surface area (Å²) in [6.07, 6.45) is 3.66. The summed E-state index contributed by atoms with van der Waals surface area (Å²) in [5.74, 6) is 0.0426. The third-order valence-corrected chi connectivity index (χ3v) is 3.84. The highest BCUT2D eigenvalue weighted by Crippen LogP contribution is 2.35. The van der Waals surface area contributed by atoms with Crippen LogP contribution in [0.15, 0.2) is 0 Å². The van der Waals surface area contributed by atoms with Gasteiger partial charge in [-0.1, -0.05) is 13.3 Å². The summed E-state index contributed by atoms with van der Waals surface area (Å²) in [6.45, 7) is 6.53. The van der Waals surface area contributed by atoms with Crippen molar-refractivity contribution in [1.29, 1.82) is 0 Å². The van der Waals surface area contributed by atoms with Gasteiger partial charge in [0, 0.05) is 13.6 Å². The molecule has 1 aliphatic rings.